The van der Waals surface area contributed by atoms with Gasteiger partial charge in [0.1, 0.15) is 11.6 Å². The smallest absolute Gasteiger partial charge is 0.253 e. The molecular formula is C21H23FN4O. The van der Waals surface area contributed by atoms with E-state index < -0.39 is 0 Å². The van der Waals surface area contributed by atoms with Crippen LogP contribution in [0.2, 0.25) is 0 Å². The van der Waals surface area contributed by atoms with E-state index in [4.69, 9.17) is 4.98 Å². The van der Waals surface area contributed by atoms with Crippen LogP contribution in [-0.4, -0.2) is 51.4 Å². The number of nitrogens with zero attached hydrogens (tertiary/aromatic N) is 4. The molecule has 1 aliphatic heterocycles. The van der Waals surface area contributed by atoms with Gasteiger partial charge in [0, 0.05) is 38.8 Å². The van der Waals surface area contributed by atoms with Crippen molar-refractivity contribution in [3.63, 3.8) is 0 Å². The molecule has 4 rings (SSSR count). The van der Waals surface area contributed by atoms with E-state index in [-0.39, 0.29) is 11.7 Å². The Balaban J connectivity index is 1.40. The highest BCUT2D eigenvalue weighted by Crippen LogP contribution is 2.18. The fraction of sp³-hybridized carbons (Fsp3) is 0.333. The SMILES string of the molecule is Cc1ccc2c(c1)nc(CN1CCN(C(=O)c3ccc(F)cc3)CC1)n2C. The molecule has 1 amide bonds. The maximum Gasteiger partial charge on any atom is 0.253 e. The summed E-state index contributed by atoms with van der Waals surface area (Å²) in [5.74, 6) is 0.677. The predicted molar refractivity (Wildman–Crippen MR) is 103 cm³/mol. The van der Waals surface area contributed by atoms with E-state index >= 15 is 0 Å². The second-order valence-corrected chi connectivity index (χ2v) is 7.15. The van der Waals surface area contributed by atoms with E-state index in [2.05, 4.69) is 34.6 Å². The molecule has 0 spiro atoms. The van der Waals surface area contributed by atoms with Crippen LogP contribution in [0.3, 0.4) is 0 Å². The maximum atomic E-state index is 13.0. The van der Waals surface area contributed by atoms with Crippen molar-refractivity contribution in [1.82, 2.24) is 19.4 Å². The molecule has 0 saturated carbocycles. The lowest BCUT2D eigenvalue weighted by Crippen LogP contribution is -2.48. The molecule has 0 radical (unpaired) electrons. The lowest BCUT2D eigenvalue weighted by atomic mass is 10.2. The number of carbonyl (C=O) groups is 1. The molecule has 0 unspecified atom stereocenters. The molecule has 1 fully saturated rings. The molecule has 3 aromatic rings. The van der Waals surface area contributed by atoms with Gasteiger partial charge in [-0.05, 0) is 48.9 Å². The molecule has 5 nitrogen and oxygen atoms in total. The van der Waals surface area contributed by atoms with E-state index in [1.807, 2.05) is 11.9 Å². The van der Waals surface area contributed by atoms with Gasteiger partial charge in [-0.2, -0.15) is 0 Å². The number of benzene rings is 2. The third kappa shape index (κ3) is 3.57. The van der Waals surface area contributed by atoms with E-state index in [1.54, 1.807) is 12.1 Å². The van der Waals surface area contributed by atoms with Gasteiger partial charge in [-0.1, -0.05) is 6.07 Å². The lowest BCUT2D eigenvalue weighted by molar-refractivity contribution is 0.0624. The molecule has 1 saturated heterocycles. The molecule has 0 aliphatic carbocycles. The summed E-state index contributed by atoms with van der Waals surface area (Å²) in [5.41, 5.74) is 3.91. The van der Waals surface area contributed by atoms with Crippen molar-refractivity contribution < 1.29 is 9.18 Å². The molecule has 140 valence electrons. The number of halogens is 1. The van der Waals surface area contributed by atoms with Gasteiger partial charge >= 0.3 is 0 Å². The van der Waals surface area contributed by atoms with Crippen LogP contribution in [0, 0.1) is 12.7 Å². The molecule has 0 N–H and O–H groups in total. The topological polar surface area (TPSA) is 41.4 Å². The number of fused-ring (bicyclic) bond motifs is 1. The summed E-state index contributed by atoms with van der Waals surface area (Å²) in [7, 11) is 2.05. The average molecular weight is 366 g/mol. The van der Waals surface area contributed by atoms with Crippen LogP contribution in [0.1, 0.15) is 21.7 Å². The van der Waals surface area contributed by atoms with Gasteiger partial charge < -0.3 is 9.47 Å². The Labute approximate surface area is 158 Å². The Morgan fingerprint density at radius 1 is 1.07 bits per heavy atom. The molecule has 6 heteroatoms. The number of rotatable bonds is 3. The number of aryl methyl sites for hydroxylation is 2. The van der Waals surface area contributed by atoms with E-state index in [0.29, 0.717) is 18.7 Å². The second-order valence-electron chi connectivity index (χ2n) is 7.15. The zero-order chi connectivity index (χ0) is 19.0. The van der Waals surface area contributed by atoms with E-state index in [0.717, 1.165) is 36.5 Å². The number of amides is 1. The summed E-state index contributed by atoms with van der Waals surface area (Å²) in [5, 5.41) is 0. The van der Waals surface area contributed by atoms with Gasteiger partial charge in [0.05, 0.1) is 17.6 Å². The normalized spacial score (nSPS) is 15.4. The standard InChI is InChI=1S/C21H23FN4O/c1-15-3-8-19-18(13-15)23-20(24(19)2)14-25-9-11-26(12-10-25)21(27)16-4-6-17(22)7-5-16/h3-8,13H,9-12,14H2,1-2H3. The van der Waals surface area contributed by atoms with Gasteiger partial charge in [-0.15, -0.1) is 0 Å². The molecule has 1 aliphatic rings. The highest BCUT2D eigenvalue weighted by atomic mass is 19.1. The first-order valence-electron chi connectivity index (χ1n) is 9.20. The quantitative estimate of drug-likeness (QED) is 0.716. The fourth-order valence-electron chi connectivity index (χ4n) is 3.59. The summed E-state index contributed by atoms with van der Waals surface area (Å²) in [4.78, 5) is 21.5. The predicted octanol–water partition coefficient (Wildman–Crippen LogP) is 2.98. The van der Waals surface area contributed by atoms with Gasteiger partial charge in [0.2, 0.25) is 0 Å². The molecular weight excluding hydrogens is 343 g/mol. The average Bonchev–Trinajstić information content (AvgIpc) is 2.97. The summed E-state index contributed by atoms with van der Waals surface area (Å²) in [6, 6.07) is 12.1. The number of aromatic nitrogens is 2. The van der Waals surface area contributed by atoms with Crippen molar-refractivity contribution in [2.24, 2.45) is 7.05 Å². The van der Waals surface area contributed by atoms with Crippen molar-refractivity contribution in [3.8, 4) is 0 Å². The Bertz CT molecular complexity index is 972. The summed E-state index contributed by atoms with van der Waals surface area (Å²) in [6.45, 7) is 5.77. The Kier molecular flexibility index (Phi) is 4.66. The highest BCUT2D eigenvalue weighted by molar-refractivity contribution is 5.94. The van der Waals surface area contributed by atoms with Crippen molar-refractivity contribution in [2.75, 3.05) is 26.2 Å². The van der Waals surface area contributed by atoms with Crippen molar-refractivity contribution in [2.45, 2.75) is 13.5 Å². The molecule has 2 heterocycles. The van der Waals surface area contributed by atoms with E-state index in [9.17, 15) is 9.18 Å². The number of hydrogen-bond donors (Lipinski definition) is 0. The zero-order valence-electron chi connectivity index (χ0n) is 15.7. The molecule has 0 bridgehead atoms. The Morgan fingerprint density at radius 2 is 1.78 bits per heavy atom. The van der Waals surface area contributed by atoms with Crippen LogP contribution in [0.4, 0.5) is 4.39 Å². The molecule has 27 heavy (non-hydrogen) atoms. The van der Waals surface area contributed by atoms with Gasteiger partial charge in [-0.25, -0.2) is 9.37 Å². The minimum atomic E-state index is -0.325. The third-order valence-electron chi connectivity index (χ3n) is 5.24. The minimum Gasteiger partial charge on any atom is -0.336 e. The van der Waals surface area contributed by atoms with Gasteiger partial charge in [0.25, 0.3) is 5.91 Å². The first-order chi connectivity index (χ1) is 13.0. The third-order valence-corrected chi connectivity index (χ3v) is 5.24. The van der Waals surface area contributed by atoms with E-state index in [1.165, 1.54) is 17.7 Å². The van der Waals surface area contributed by atoms with Crippen molar-refractivity contribution in [1.29, 1.82) is 0 Å². The number of carbonyl (C=O) groups excluding carboxylic acids is 1. The van der Waals surface area contributed by atoms with Crippen molar-refractivity contribution >= 4 is 16.9 Å². The first-order valence-corrected chi connectivity index (χ1v) is 9.20. The van der Waals surface area contributed by atoms with Gasteiger partial charge in [-0.3, -0.25) is 9.69 Å². The van der Waals surface area contributed by atoms with Crippen LogP contribution in [-0.2, 0) is 13.6 Å². The Hall–Kier alpha value is -2.73. The maximum absolute atomic E-state index is 13.0. The molecule has 2 aromatic carbocycles. The largest absolute Gasteiger partial charge is 0.336 e. The Morgan fingerprint density at radius 3 is 2.48 bits per heavy atom. The summed E-state index contributed by atoms with van der Waals surface area (Å²) >= 11 is 0. The number of hydrogen-bond acceptors (Lipinski definition) is 3. The van der Waals surface area contributed by atoms with Crippen molar-refractivity contribution in [3.05, 3.63) is 65.2 Å². The molecule has 0 atom stereocenters. The zero-order valence-corrected chi connectivity index (χ0v) is 15.7. The number of piperazine rings is 1. The lowest BCUT2D eigenvalue weighted by Gasteiger charge is -2.34. The first kappa shape index (κ1) is 17.7. The monoisotopic (exact) mass is 366 g/mol. The van der Waals surface area contributed by atoms with Crippen LogP contribution < -0.4 is 0 Å². The van der Waals surface area contributed by atoms with Gasteiger partial charge in [0.15, 0.2) is 0 Å². The fourth-order valence-corrected chi connectivity index (χ4v) is 3.59. The van der Waals surface area contributed by atoms with Crippen LogP contribution in [0.25, 0.3) is 11.0 Å². The molecule has 1 aromatic heterocycles. The summed E-state index contributed by atoms with van der Waals surface area (Å²) < 4.78 is 15.2. The summed E-state index contributed by atoms with van der Waals surface area (Å²) in [6.07, 6.45) is 0. The minimum absolute atomic E-state index is 0.0344. The number of imidazole rings is 1. The second kappa shape index (κ2) is 7.12. The van der Waals surface area contributed by atoms with Crippen LogP contribution in [0.5, 0.6) is 0 Å². The van der Waals surface area contributed by atoms with Crippen LogP contribution in [0.15, 0.2) is 42.5 Å². The van der Waals surface area contributed by atoms with Crippen LogP contribution >= 0.6 is 0 Å². The highest BCUT2D eigenvalue weighted by Gasteiger charge is 2.23.